The summed E-state index contributed by atoms with van der Waals surface area (Å²) in [4.78, 5) is 75.4. The third kappa shape index (κ3) is 32.2. The fourth-order valence-electron chi connectivity index (χ4n) is 17.7. The van der Waals surface area contributed by atoms with Crippen molar-refractivity contribution in [2.24, 2.45) is 17.8 Å². The van der Waals surface area contributed by atoms with Crippen LogP contribution in [-0.4, -0.2) is 198 Å². The summed E-state index contributed by atoms with van der Waals surface area (Å²) in [5.41, 5.74) is 4.25. The molecule has 0 radical (unpaired) electrons. The molecule has 0 aliphatic carbocycles. The lowest BCUT2D eigenvalue weighted by molar-refractivity contribution is -0.946. The topological polar surface area (TPSA) is 300 Å². The first-order chi connectivity index (χ1) is 63.6. The summed E-state index contributed by atoms with van der Waals surface area (Å²) in [6.45, 7) is 26.3. The Bertz CT molecular complexity index is 5210. The second-order valence-corrected chi connectivity index (χ2v) is 37.9. The molecule has 9 fully saturated rings. The van der Waals surface area contributed by atoms with Crippen LogP contribution in [0.3, 0.4) is 0 Å². The minimum atomic E-state index is -5.19. The number of halogens is 14. The summed E-state index contributed by atoms with van der Waals surface area (Å²) in [7, 11) is 0. The van der Waals surface area contributed by atoms with Gasteiger partial charge in [0.1, 0.15) is 89.4 Å². The van der Waals surface area contributed by atoms with Gasteiger partial charge in [0.05, 0.1) is 124 Å². The van der Waals surface area contributed by atoms with Gasteiger partial charge >= 0.3 is 43.0 Å². The molecule has 3 aromatic carbocycles. The summed E-state index contributed by atoms with van der Waals surface area (Å²) in [6.07, 6.45) is -8.60. The number of amides is 3. The number of thiophene rings is 2. The lowest BCUT2D eigenvalue weighted by atomic mass is 9.83. The molecular weight excluding hydrogens is 1910 g/mol. The number of aromatic hydroxyl groups is 1. The largest absolute Gasteiger partial charge is 0.542 e. The van der Waals surface area contributed by atoms with Crippen LogP contribution in [0.5, 0.6) is 17.2 Å². The van der Waals surface area contributed by atoms with Crippen LogP contribution in [0.1, 0.15) is 135 Å². The minimum absolute atomic E-state index is 0.0282. The van der Waals surface area contributed by atoms with Gasteiger partial charge in [-0.05, 0) is 165 Å². The monoisotopic (exact) mass is 2010 g/mol. The number of phenols is 1. The van der Waals surface area contributed by atoms with Gasteiger partial charge < -0.3 is 89.6 Å². The molecule has 9 aromatic rings. The molecule has 18 rings (SSSR count). The standard InChI is InChI=1S/C30H38N2O6.C29H36BrN2O2S2.C29H33F4N2O5.3C2HF3O2/c1-21-16-28(37-23(21)3)19-31(18-27-9-8-22(2)36-27)30(34)38-29-20-32(13-10-24(29)11-14-32)12-5-15-35-26-7-4-6-25(33)17-26;1-21-12-16-35-28(21)19-31(18-25-17-26(30)22(2)36-25)29(33)34-27-20-32(14-10-24(27)11-15-32)13-6-9-23-7-4-3-5-8-23;1-20-15-23(27(39-20)29(31,32)33)17-34(16-21-9-14-37-19-21)28(36)40-26-18-35(11-7-22(26)8-12-35)10-2-13-38-25-5-3-24(30)4-6-25;3*3-2(4,5)1(6)7/h4,6-9,16-17,24,29H,5,10-15,18-20H2,1-3H3;3-5,7-8,12,16-17,24,27H,6,9-11,13-15,18-20H2,1-2H3;3-6,9,14-15,19,22,26H,2,7-8,10-13,16-18H2,1H3;3*(H,6,7)/q;2*+1;;;/p-2/t24?,29-,32?;24?,27-,32?;22?,26-,35?;;;/m010.../s1. The first-order valence-corrected chi connectivity index (χ1v) is 46.3. The molecule has 135 heavy (non-hydrogen) atoms. The van der Waals surface area contributed by atoms with E-state index in [0.29, 0.717) is 74.8 Å². The Hall–Kier alpha value is -10.8. The van der Waals surface area contributed by atoms with Gasteiger partial charge in [-0.25, -0.2) is 18.8 Å². The van der Waals surface area contributed by atoms with E-state index in [1.54, 1.807) is 64.0 Å². The van der Waals surface area contributed by atoms with Crippen LogP contribution < -0.4 is 24.8 Å². The predicted molar refractivity (Wildman–Crippen MR) is 463 cm³/mol. The highest BCUT2D eigenvalue weighted by Gasteiger charge is 2.51. The van der Waals surface area contributed by atoms with Gasteiger partial charge in [-0.3, -0.25) is 14.7 Å². The van der Waals surface area contributed by atoms with Crippen LogP contribution in [0.4, 0.5) is 71.5 Å². The number of alkyl halides is 12. The van der Waals surface area contributed by atoms with E-state index in [-0.39, 0.29) is 72.4 Å². The molecule has 25 nitrogen and oxygen atoms in total. The minimum Gasteiger partial charge on any atom is -0.542 e. The summed E-state index contributed by atoms with van der Waals surface area (Å²) >= 11 is 7.10. The summed E-state index contributed by atoms with van der Waals surface area (Å²) in [5, 5.41) is 38.1. The highest BCUT2D eigenvalue weighted by atomic mass is 79.9. The van der Waals surface area contributed by atoms with Crippen LogP contribution in [0.15, 0.2) is 161 Å². The van der Waals surface area contributed by atoms with Gasteiger partial charge in [0.25, 0.3) is 0 Å². The first kappa shape index (κ1) is 106. The maximum Gasteiger partial charge on any atom is 0.449 e. The van der Waals surface area contributed by atoms with Crippen LogP contribution in [0.25, 0.3) is 0 Å². The molecule has 0 saturated carbocycles. The number of hydrogen-bond donors (Lipinski definition) is 1. The molecule has 41 heteroatoms. The van der Waals surface area contributed by atoms with Crippen molar-refractivity contribution in [2.75, 3.05) is 91.8 Å². The van der Waals surface area contributed by atoms with Gasteiger partial charge in [0.2, 0.25) is 5.76 Å². The zero-order chi connectivity index (χ0) is 98.4. The summed E-state index contributed by atoms with van der Waals surface area (Å²) < 4.78 is 204. The molecule has 1 N–H and O–H groups in total. The van der Waals surface area contributed by atoms with Crippen molar-refractivity contribution in [3.8, 4) is 17.2 Å². The van der Waals surface area contributed by atoms with Crippen molar-refractivity contribution in [3.05, 3.63) is 227 Å². The number of piperidine rings is 9. The Labute approximate surface area is 787 Å². The number of rotatable bonds is 29. The van der Waals surface area contributed by atoms with Crippen LogP contribution in [-0.2, 0) is 80.5 Å². The van der Waals surface area contributed by atoms with Crippen molar-refractivity contribution in [2.45, 2.75) is 188 Å². The number of fused-ring (bicyclic) bond motifs is 9. The summed E-state index contributed by atoms with van der Waals surface area (Å²) in [6, 6.07) is 36.7. The van der Waals surface area contributed by atoms with Crippen LogP contribution in [0.2, 0.25) is 0 Å². The van der Waals surface area contributed by atoms with E-state index in [2.05, 4.69) is 77.6 Å². The molecule has 0 spiro atoms. The molecular formula is C94H108BrF13N6O19S2. The molecule has 9 saturated heterocycles. The Balaban J connectivity index is 0.000000189. The SMILES string of the molecule is Cc1cc(CN(Cc2ccoc2)C(=O)O[C@H]2C[N+]3(CCCOc4ccc(F)cc4)CCC2CC3)c(C(F)(F)F)o1.Cc1ccc(CN(Cc2cc(C)c(C)o2)C(=O)O[C@H]2C[N+]3(CCCOc4cccc(O)c4)CCC2CC3)o1.Cc1ccsc1CN(Cc1cc(Br)c(C)s1)C(=O)O[C@@H]1C[N+]2(CCCc3ccccc3)CCC1CC2.O=C([O-])C(F)(F)F.O=C([O-])C(F)(F)F.O=C([O-])C(F)(F)F. The number of hydrogen-bond acceptors (Lipinski definition) is 21. The zero-order valence-electron chi connectivity index (χ0n) is 75.0. The fourth-order valence-corrected chi connectivity index (χ4v) is 20.2. The zero-order valence-corrected chi connectivity index (χ0v) is 78.3. The maximum atomic E-state index is 13.6. The Morgan fingerprint density at radius 2 is 0.985 bits per heavy atom. The van der Waals surface area contributed by atoms with Crippen molar-refractivity contribution in [1.29, 1.82) is 0 Å². The van der Waals surface area contributed by atoms with Crippen molar-refractivity contribution >= 4 is 74.8 Å². The van der Waals surface area contributed by atoms with Gasteiger partial charge in [-0.1, -0.05) is 36.4 Å². The number of aryl methyl sites for hydroxylation is 7. The van der Waals surface area contributed by atoms with E-state index in [9.17, 15) is 76.6 Å². The number of nitrogens with zero attached hydrogens (tertiary/aromatic N) is 6. The van der Waals surface area contributed by atoms with Crippen LogP contribution >= 0.6 is 38.6 Å². The lowest BCUT2D eigenvalue weighted by Crippen LogP contribution is -2.65. The fraction of sp³-hybridized carbons (Fsp3) is 0.489. The van der Waals surface area contributed by atoms with Gasteiger partial charge in [-0.2, -0.15) is 52.7 Å². The lowest BCUT2D eigenvalue weighted by Gasteiger charge is -2.52. The number of aliphatic carboxylic acids is 3. The molecule has 15 heterocycles. The molecule has 9 aliphatic rings. The second kappa shape index (κ2) is 47.3. The Morgan fingerprint density at radius 3 is 1.41 bits per heavy atom. The molecule has 9 aliphatic heterocycles. The number of phenolic OH excluding ortho intramolecular Hbond substituents is 1. The smallest absolute Gasteiger partial charge is 0.449 e. The molecule has 6 aromatic heterocycles. The molecule has 3 amide bonds. The number of ether oxygens (including phenoxy) is 5. The van der Waals surface area contributed by atoms with Gasteiger partial charge in [0, 0.05) is 112 Å². The van der Waals surface area contributed by atoms with E-state index in [1.807, 2.05) is 49.9 Å². The van der Waals surface area contributed by atoms with E-state index < -0.39 is 54.5 Å². The number of benzene rings is 3. The normalized spacial score (nSPS) is 20.8. The number of quaternary nitrogens is 3. The number of carboxylic acid groups (broad SMARTS) is 3. The quantitative estimate of drug-likeness (QED) is 0.0197. The predicted octanol–water partition coefficient (Wildman–Crippen LogP) is 17.7. The van der Waals surface area contributed by atoms with E-state index in [4.69, 9.17) is 71.1 Å². The number of carbonyl (C=O) groups excluding carboxylic acids is 6. The van der Waals surface area contributed by atoms with Gasteiger partial charge in [0.15, 0.2) is 18.3 Å². The van der Waals surface area contributed by atoms with Crippen molar-refractivity contribution in [1.82, 2.24) is 14.7 Å². The van der Waals surface area contributed by atoms with E-state index in [0.717, 1.165) is 144 Å². The molecule has 738 valence electrons. The van der Waals surface area contributed by atoms with Crippen LogP contribution in [0, 0.1) is 65.1 Å². The maximum absolute atomic E-state index is 13.6. The third-order valence-electron chi connectivity index (χ3n) is 24.8. The van der Waals surface area contributed by atoms with E-state index >= 15 is 0 Å². The third-order valence-corrected chi connectivity index (χ3v) is 27.9. The molecule has 0 unspecified atom stereocenters. The highest BCUT2D eigenvalue weighted by molar-refractivity contribution is 9.10. The highest BCUT2D eigenvalue weighted by Crippen LogP contribution is 2.42. The van der Waals surface area contributed by atoms with Crippen molar-refractivity contribution in [3.63, 3.8) is 0 Å². The molecule has 3 atom stereocenters. The average Bonchev–Trinajstić information content (AvgIpc) is 1.62. The van der Waals surface area contributed by atoms with Gasteiger partial charge in [-0.15, -0.1) is 22.7 Å². The number of carbonyl (C=O) groups is 6. The molecule has 6 bridgehead atoms. The number of furan rings is 4. The average molecular weight is 2020 g/mol. The Kier molecular flexibility index (Phi) is 37.3. The second-order valence-electron chi connectivity index (χ2n) is 34.7. The van der Waals surface area contributed by atoms with E-state index in [1.165, 1.54) is 107 Å². The summed E-state index contributed by atoms with van der Waals surface area (Å²) in [5.74, 6) is -4.54. The number of carboxylic acids is 3. The first-order valence-electron chi connectivity index (χ1n) is 43.8. The Morgan fingerprint density at radius 1 is 0.496 bits per heavy atom. The van der Waals surface area contributed by atoms with Crippen molar-refractivity contribution < 1.29 is 161 Å².